The number of benzene rings is 2. The maximum Gasteiger partial charge on any atom is 0.273 e. The lowest BCUT2D eigenvalue weighted by Crippen LogP contribution is -2.05. The molecule has 0 saturated heterocycles. The Morgan fingerprint density at radius 1 is 1.19 bits per heavy atom. The van der Waals surface area contributed by atoms with Crippen LogP contribution in [-0.2, 0) is 0 Å². The maximum absolute atomic E-state index is 12.4. The number of rotatable bonds is 5. The number of ketones is 1. The van der Waals surface area contributed by atoms with Gasteiger partial charge in [-0.1, -0.05) is 12.1 Å². The number of carbonyl (C=O) groups is 1. The smallest absolute Gasteiger partial charge is 0.273 e. The summed E-state index contributed by atoms with van der Waals surface area (Å²) in [6.07, 6.45) is 0. The van der Waals surface area contributed by atoms with E-state index in [-0.39, 0.29) is 11.5 Å². The lowest BCUT2D eigenvalue weighted by atomic mass is 9.98. The molecule has 0 N–H and O–H groups in total. The van der Waals surface area contributed by atoms with Crippen molar-refractivity contribution >= 4 is 11.5 Å². The van der Waals surface area contributed by atoms with E-state index >= 15 is 0 Å². The zero-order valence-corrected chi connectivity index (χ0v) is 11.8. The second-order valence-electron chi connectivity index (χ2n) is 4.49. The first-order valence-corrected chi connectivity index (χ1v) is 6.56. The van der Waals surface area contributed by atoms with Crippen LogP contribution in [-0.4, -0.2) is 17.3 Å². The zero-order chi connectivity index (χ0) is 15.4. The Hall–Kier alpha value is -2.69. The van der Waals surface area contributed by atoms with Gasteiger partial charge < -0.3 is 4.74 Å². The molecule has 2 aromatic carbocycles. The summed E-state index contributed by atoms with van der Waals surface area (Å²) in [6.45, 7) is 4.02. The Morgan fingerprint density at radius 2 is 1.86 bits per heavy atom. The van der Waals surface area contributed by atoms with Crippen molar-refractivity contribution in [2.75, 3.05) is 6.61 Å². The first-order valence-electron chi connectivity index (χ1n) is 6.56. The van der Waals surface area contributed by atoms with E-state index in [0.29, 0.717) is 29.0 Å². The number of nitro groups is 1. The molecule has 0 aliphatic rings. The average Bonchev–Trinajstić information content (AvgIpc) is 2.47. The van der Waals surface area contributed by atoms with Crippen LogP contribution in [0.1, 0.15) is 28.4 Å². The first-order chi connectivity index (χ1) is 10.0. The van der Waals surface area contributed by atoms with Crippen molar-refractivity contribution in [2.24, 2.45) is 0 Å². The average molecular weight is 285 g/mol. The Bertz CT molecular complexity index is 677. The van der Waals surface area contributed by atoms with Crippen LogP contribution >= 0.6 is 0 Å². The quantitative estimate of drug-likeness (QED) is 0.478. The summed E-state index contributed by atoms with van der Waals surface area (Å²) in [5, 5.41) is 10.9. The zero-order valence-electron chi connectivity index (χ0n) is 11.8. The summed E-state index contributed by atoms with van der Waals surface area (Å²) < 4.78 is 5.32. The number of nitro benzene ring substituents is 1. The van der Waals surface area contributed by atoms with Crippen molar-refractivity contribution in [2.45, 2.75) is 13.8 Å². The highest BCUT2D eigenvalue weighted by Gasteiger charge is 2.18. The van der Waals surface area contributed by atoms with Crippen molar-refractivity contribution in [1.29, 1.82) is 0 Å². The van der Waals surface area contributed by atoms with Crippen LogP contribution in [0.2, 0.25) is 0 Å². The maximum atomic E-state index is 12.4. The van der Waals surface area contributed by atoms with E-state index < -0.39 is 4.92 Å². The van der Waals surface area contributed by atoms with E-state index in [4.69, 9.17) is 4.74 Å². The molecule has 0 aliphatic heterocycles. The van der Waals surface area contributed by atoms with Gasteiger partial charge in [-0.15, -0.1) is 0 Å². The highest BCUT2D eigenvalue weighted by atomic mass is 16.6. The second-order valence-corrected chi connectivity index (χ2v) is 4.49. The highest BCUT2D eigenvalue weighted by molar-refractivity contribution is 6.10. The summed E-state index contributed by atoms with van der Waals surface area (Å²) in [5.41, 5.74) is 1.14. The molecule has 0 radical (unpaired) electrons. The van der Waals surface area contributed by atoms with Crippen LogP contribution < -0.4 is 4.74 Å². The molecular weight excluding hydrogens is 270 g/mol. The molecule has 0 unspecified atom stereocenters. The van der Waals surface area contributed by atoms with E-state index in [2.05, 4.69) is 0 Å². The number of nitrogens with zero attached hydrogens (tertiary/aromatic N) is 1. The first kappa shape index (κ1) is 14.7. The Kier molecular flexibility index (Phi) is 4.33. The van der Waals surface area contributed by atoms with E-state index in [1.165, 1.54) is 12.1 Å². The SMILES string of the molecule is CCOc1ccc(C(=O)c2cccc([N+](=O)[O-])c2C)cc1. The van der Waals surface area contributed by atoms with E-state index in [1.807, 2.05) is 6.92 Å². The molecule has 0 saturated carbocycles. The third kappa shape index (κ3) is 3.08. The van der Waals surface area contributed by atoms with Gasteiger partial charge in [-0.3, -0.25) is 14.9 Å². The highest BCUT2D eigenvalue weighted by Crippen LogP contribution is 2.24. The van der Waals surface area contributed by atoms with Gasteiger partial charge in [-0.05, 0) is 38.1 Å². The monoisotopic (exact) mass is 285 g/mol. The molecule has 0 aliphatic carbocycles. The normalized spacial score (nSPS) is 10.2. The third-order valence-electron chi connectivity index (χ3n) is 3.17. The number of carbonyl (C=O) groups excluding carboxylic acids is 1. The van der Waals surface area contributed by atoms with Crippen LogP contribution in [0, 0.1) is 17.0 Å². The number of hydrogen-bond acceptors (Lipinski definition) is 4. The van der Waals surface area contributed by atoms with E-state index in [0.717, 1.165) is 0 Å². The Balaban J connectivity index is 2.36. The van der Waals surface area contributed by atoms with Crippen LogP contribution in [0.5, 0.6) is 5.75 Å². The number of hydrogen-bond donors (Lipinski definition) is 0. The predicted octanol–water partition coefficient (Wildman–Crippen LogP) is 3.53. The molecule has 0 heterocycles. The molecular formula is C16H15NO4. The van der Waals surface area contributed by atoms with Gasteiger partial charge in [0.15, 0.2) is 5.78 Å². The summed E-state index contributed by atoms with van der Waals surface area (Å²) in [4.78, 5) is 22.9. The van der Waals surface area contributed by atoms with Gasteiger partial charge in [-0.25, -0.2) is 0 Å². The lowest BCUT2D eigenvalue weighted by molar-refractivity contribution is -0.385. The molecule has 5 nitrogen and oxygen atoms in total. The van der Waals surface area contributed by atoms with E-state index in [9.17, 15) is 14.9 Å². The van der Waals surface area contributed by atoms with Gasteiger partial charge in [0, 0.05) is 22.8 Å². The fourth-order valence-corrected chi connectivity index (χ4v) is 2.09. The van der Waals surface area contributed by atoms with Gasteiger partial charge in [0.25, 0.3) is 5.69 Å². The molecule has 0 aromatic heterocycles. The molecule has 0 spiro atoms. The van der Waals surface area contributed by atoms with Crippen molar-refractivity contribution < 1.29 is 14.5 Å². The molecule has 0 bridgehead atoms. The molecule has 0 fully saturated rings. The Labute approximate surface area is 122 Å². The van der Waals surface area contributed by atoms with Crippen molar-refractivity contribution in [1.82, 2.24) is 0 Å². The van der Waals surface area contributed by atoms with Gasteiger partial charge in [0.1, 0.15) is 5.75 Å². The summed E-state index contributed by atoms with van der Waals surface area (Å²) >= 11 is 0. The van der Waals surface area contributed by atoms with Crippen LogP contribution in [0.4, 0.5) is 5.69 Å². The summed E-state index contributed by atoms with van der Waals surface area (Å²) in [6, 6.07) is 11.3. The summed E-state index contributed by atoms with van der Waals surface area (Å²) in [7, 11) is 0. The molecule has 2 rings (SSSR count). The van der Waals surface area contributed by atoms with Crippen molar-refractivity contribution in [3.05, 3.63) is 69.3 Å². The standard InChI is InChI=1S/C16H15NO4/c1-3-21-13-9-7-12(8-10-13)16(18)14-5-4-6-15(11(14)2)17(19)20/h4-10H,3H2,1-2H3. The van der Waals surface area contributed by atoms with Gasteiger partial charge in [0.05, 0.1) is 11.5 Å². The second kappa shape index (κ2) is 6.17. The summed E-state index contributed by atoms with van der Waals surface area (Å²) in [5.74, 6) is 0.448. The minimum absolute atomic E-state index is 0.0493. The van der Waals surface area contributed by atoms with Crippen molar-refractivity contribution in [3.63, 3.8) is 0 Å². The molecule has 0 amide bonds. The largest absolute Gasteiger partial charge is 0.494 e. The van der Waals surface area contributed by atoms with Crippen molar-refractivity contribution in [3.8, 4) is 5.75 Å². The fraction of sp³-hybridized carbons (Fsp3) is 0.188. The minimum Gasteiger partial charge on any atom is -0.494 e. The van der Waals surface area contributed by atoms with Gasteiger partial charge in [-0.2, -0.15) is 0 Å². The Morgan fingerprint density at radius 3 is 2.43 bits per heavy atom. The molecule has 108 valence electrons. The van der Waals surface area contributed by atoms with Gasteiger partial charge >= 0.3 is 0 Å². The molecule has 0 atom stereocenters. The van der Waals surface area contributed by atoms with Crippen LogP contribution in [0.15, 0.2) is 42.5 Å². The molecule has 2 aromatic rings. The van der Waals surface area contributed by atoms with Crippen LogP contribution in [0.3, 0.4) is 0 Å². The van der Waals surface area contributed by atoms with E-state index in [1.54, 1.807) is 37.3 Å². The molecule has 5 heteroatoms. The van der Waals surface area contributed by atoms with Gasteiger partial charge in [0.2, 0.25) is 0 Å². The third-order valence-corrected chi connectivity index (χ3v) is 3.17. The lowest BCUT2D eigenvalue weighted by Gasteiger charge is -2.07. The topological polar surface area (TPSA) is 69.4 Å². The predicted molar refractivity (Wildman–Crippen MR) is 78.9 cm³/mol. The van der Waals surface area contributed by atoms with Crippen LogP contribution in [0.25, 0.3) is 0 Å². The fourth-order valence-electron chi connectivity index (χ4n) is 2.09. The molecule has 21 heavy (non-hydrogen) atoms. The minimum atomic E-state index is -0.482. The number of ether oxygens (including phenoxy) is 1.